The van der Waals surface area contributed by atoms with Gasteiger partial charge in [-0.3, -0.25) is 4.79 Å². The lowest BCUT2D eigenvalue weighted by Crippen LogP contribution is -2.31. The molecule has 0 aliphatic carbocycles. The second-order valence-corrected chi connectivity index (χ2v) is 7.81. The van der Waals surface area contributed by atoms with Gasteiger partial charge in [-0.05, 0) is 59.4 Å². The van der Waals surface area contributed by atoms with E-state index in [1.807, 2.05) is 18.2 Å². The lowest BCUT2D eigenvalue weighted by atomic mass is 10.0. The van der Waals surface area contributed by atoms with Crippen molar-refractivity contribution in [3.8, 4) is 10.6 Å². The van der Waals surface area contributed by atoms with Crippen molar-refractivity contribution in [1.29, 1.82) is 0 Å². The van der Waals surface area contributed by atoms with E-state index in [0.717, 1.165) is 39.5 Å². The minimum Gasteiger partial charge on any atom is -0.352 e. The Morgan fingerprint density at radius 1 is 1.20 bits per heavy atom. The number of hydrogen-bond acceptors (Lipinski definition) is 6. The van der Waals surface area contributed by atoms with Crippen molar-refractivity contribution in [2.24, 2.45) is 5.73 Å². The monoisotopic (exact) mass is 433 g/mol. The Labute approximate surface area is 174 Å². The molecule has 1 atom stereocenters. The number of nitrogens with two attached hydrogens (primary N) is 1. The van der Waals surface area contributed by atoms with E-state index in [1.54, 1.807) is 0 Å². The number of carbonyl (C=O) groups is 1. The largest absolute Gasteiger partial charge is 0.416 e. The van der Waals surface area contributed by atoms with Crippen molar-refractivity contribution < 1.29 is 18.0 Å². The van der Waals surface area contributed by atoms with Crippen LogP contribution in [-0.2, 0) is 23.8 Å². The van der Waals surface area contributed by atoms with Crippen LogP contribution in [0.4, 0.5) is 24.8 Å². The van der Waals surface area contributed by atoms with Crippen molar-refractivity contribution in [3.63, 3.8) is 0 Å². The van der Waals surface area contributed by atoms with Crippen molar-refractivity contribution >= 4 is 29.1 Å². The summed E-state index contributed by atoms with van der Waals surface area (Å²) in [4.78, 5) is 15.9. The van der Waals surface area contributed by atoms with Crippen LogP contribution in [0.1, 0.15) is 16.7 Å². The fourth-order valence-electron chi connectivity index (χ4n) is 3.20. The summed E-state index contributed by atoms with van der Waals surface area (Å²) >= 11 is 1.23. The van der Waals surface area contributed by atoms with Gasteiger partial charge in [-0.25, -0.2) is 0 Å². The highest BCUT2D eigenvalue weighted by Gasteiger charge is 2.30. The molecule has 0 unspecified atom stereocenters. The summed E-state index contributed by atoms with van der Waals surface area (Å²) in [7, 11) is 0. The van der Waals surface area contributed by atoms with Crippen LogP contribution < -0.4 is 16.4 Å². The quantitative estimate of drug-likeness (QED) is 0.551. The zero-order chi connectivity index (χ0) is 21.3. The first-order valence-electron chi connectivity index (χ1n) is 9.20. The Kier molecular flexibility index (Phi) is 5.44. The summed E-state index contributed by atoms with van der Waals surface area (Å²) in [6.07, 6.45) is -3.57. The highest BCUT2D eigenvalue weighted by atomic mass is 32.1. The summed E-state index contributed by atoms with van der Waals surface area (Å²) < 4.78 is 42.2. The van der Waals surface area contributed by atoms with E-state index in [2.05, 4.69) is 20.0 Å². The number of benzene rings is 2. The number of alkyl halides is 3. The van der Waals surface area contributed by atoms with Crippen molar-refractivity contribution in [2.45, 2.75) is 25.1 Å². The maximum atomic E-state index is 12.6. The molecule has 156 valence electrons. The maximum Gasteiger partial charge on any atom is 0.416 e. The normalized spacial score (nSPS) is 14.3. The van der Waals surface area contributed by atoms with Gasteiger partial charge < -0.3 is 16.4 Å². The van der Waals surface area contributed by atoms with Crippen LogP contribution in [0.3, 0.4) is 0 Å². The van der Waals surface area contributed by atoms with Crippen molar-refractivity contribution in [2.75, 3.05) is 17.2 Å². The van der Waals surface area contributed by atoms with Gasteiger partial charge in [0.05, 0.1) is 12.0 Å². The van der Waals surface area contributed by atoms with Crippen molar-refractivity contribution in [1.82, 2.24) is 9.36 Å². The first-order chi connectivity index (χ1) is 14.3. The Morgan fingerprint density at radius 3 is 2.70 bits per heavy atom. The number of hydrogen-bond donors (Lipinski definition) is 3. The SMILES string of the molecule is N[C@@H](CNc1nsc(-c2ccc3c(c2)CC(=O)N3)n1)Cc1ccc(C(F)(F)F)cc1. The fourth-order valence-corrected chi connectivity index (χ4v) is 3.84. The summed E-state index contributed by atoms with van der Waals surface area (Å²) in [6, 6.07) is 10.3. The Hall–Kier alpha value is -2.98. The highest BCUT2D eigenvalue weighted by molar-refractivity contribution is 7.09. The summed E-state index contributed by atoms with van der Waals surface area (Å²) in [5.41, 5.74) is 8.78. The van der Waals surface area contributed by atoms with Crippen LogP contribution in [-0.4, -0.2) is 27.9 Å². The molecule has 0 fully saturated rings. The predicted molar refractivity (Wildman–Crippen MR) is 109 cm³/mol. The standard InChI is InChI=1S/C20H18F3N5OS/c21-20(22,23)14-4-1-11(2-5-14)7-15(24)10-25-19-27-18(30-28-19)12-3-6-16-13(8-12)9-17(29)26-16/h1-6,8,15H,7,9-10,24H2,(H,25,28)(H,26,29)/t15-/m1/s1. The molecule has 1 amide bonds. The van der Waals surface area contributed by atoms with E-state index < -0.39 is 11.7 Å². The number of nitrogens with one attached hydrogen (secondary N) is 2. The van der Waals surface area contributed by atoms with E-state index in [0.29, 0.717) is 25.3 Å². The van der Waals surface area contributed by atoms with Gasteiger partial charge >= 0.3 is 6.18 Å². The van der Waals surface area contributed by atoms with Gasteiger partial charge in [0.2, 0.25) is 11.9 Å². The number of anilines is 2. The first-order valence-corrected chi connectivity index (χ1v) is 9.98. The number of nitrogens with zero attached hydrogens (tertiary/aromatic N) is 2. The molecule has 6 nitrogen and oxygen atoms in total. The van der Waals surface area contributed by atoms with E-state index in [1.165, 1.54) is 23.7 Å². The van der Waals surface area contributed by atoms with Gasteiger partial charge in [0.25, 0.3) is 0 Å². The van der Waals surface area contributed by atoms with Gasteiger partial charge in [0.1, 0.15) is 5.01 Å². The molecule has 1 aromatic heterocycles. The number of aromatic nitrogens is 2. The predicted octanol–water partition coefficient (Wildman–Crippen LogP) is 3.70. The molecule has 0 bridgehead atoms. The van der Waals surface area contributed by atoms with E-state index in [9.17, 15) is 18.0 Å². The lowest BCUT2D eigenvalue weighted by molar-refractivity contribution is -0.137. The van der Waals surface area contributed by atoms with Crippen LogP contribution in [0, 0.1) is 0 Å². The number of carbonyl (C=O) groups excluding carboxylic acids is 1. The molecule has 10 heteroatoms. The van der Waals surface area contributed by atoms with Crippen LogP contribution in [0.5, 0.6) is 0 Å². The Bertz CT molecular complexity index is 1070. The van der Waals surface area contributed by atoms with E-state index in [-0.39, 0.29) is 11.9 Å². The molecular formula is C20H18F3N5OS. The summed E-state index contributed by atoms with van der Waals surface area (Å²) in [6.45, 7) is 0.375. The molecule has 30 heavy (non-hydrogen) atoms. The highest BCUT2D eigenvalue weighted by Crippen LogP contribution is 2.31. The molecule has 0 radical (unpaired) electrons. The lowest BCUT2D eigenvalue weighted by Gasteiger charge is -2.13. The maximum absolute atomic E-state index is 12.6. The minimum atomic E-state index is -4.35. The minimum absolute atomic E-state index is 0.0243. The molecule has 1 aliphatic rings. The van der Waals surface area contributed by atoms with Gasteiger partial charge in [0, 0.05) is 23.8 Å². The third-order valence-electron chi connectivity index (χ3n) is 4.70. The second kappa shape index (κ2) is 8.04. The average molecular weight is 433 g/mol. The molecule has 4 rings (SSSR count). The molecule has 0 saturated heterocycles. The van der Waals surface area contributed by atoms with E-state index in [4.69, 9.17) is 5.73 Å². The number of halogens is 3. The van der Waals surface area contributed by atoms with Gasteiger partial charge in [-0.1, -0.05) is 12.1 Å². The average Bonchev–Trinajstić information content (AvgIpc) is 3.31. The molecule has 0 spiro atoms. The second-order valence-electron chi connectivity index (χ2n) is 7.06. The molecule has 3 aromatic rings. The number of rotatable bonds is 6. The number of fused-ring (bicyclic) bond motifs is 1. The topological polar surface area (TPSA) is 92.9 Å². The Balaban J connectivity index is 1.33. The zero-order valence-corrected chi connectivity index (χ0v) is 16.5. The summed E-state index contributed by atoms with van der Waals surface area (Å²) in [5.74, 6) is 0.413. The molecule has 0 saturated carbocycles. The third kappa shape index (κ3) is 4.60. The van der Waals surface area contributed by atoms with Crippen LogP contribution >= 0.6 is 11.5 Å². The van der Waals surface area contributed by atoms with Gasteiger partial charge in [-0.15, -0.1) is 0 Å². The zero-order valence-electron chi connectivity index (χ0n) is 15.7. The van der Waals surface area contributed by atoms with Crippen LogP contribution in [0.15, 0.2) is 42.5 Å². The van der Waals surface area contributed by atoms with Crippen LogP contribution in [0.25, 0.3) is 10.6 Å². The molecule has 1 aliphatic heterocycles. The van der Waals surface area contributed by atoms with Crippen LogP contribution in [0.2, 0.25) is 0 Å². The summed E-state index contributed by atoms with van der Waals surface area (Å²) in [5, 5.41) is 6.58. The molecule has 2 aromatic carbocycles. The van der Waals surface area contributed by atoms with Gasteiger partial charge in [-0.2, -0.15) is 22.5 Å². The smallest absolute Gasteiger partial charge is 0.352 e. The Morgan fingerprint density at radius 2 is 1.97 bits per heavy atom. The van der Waals surface area contributed by atoms with Gasteiger partial charge in [0.15, 0.2) is 0 Å². The molecule has 2 heterocycles. The third-order valence-corrected chi connectivity index (χ3v) is 5.47. The van der Waals surface area contributed by atoms with E-state index >= 15 is 0 Å². The first kappa shape index (κ1) is 20.3. The van der Waals surface area contributed by atoms with Crippen molar-refractivity contribution in [3.05, 3.63) is 59.2 Å². The molecular weight excluding hydrogens is 415 g/mol. The fraction of sp³-hybridized carbons (Fsp3) is 0.250. The number of amides is 1. The molecule has 4 N–H and O–H groups in total.